The molecule has 1 fully saturated rings. The van der Waals surface area contributed by atoms with E-state index in [-0.39, 0.29) is 0 Å². The molecule has 0 radical (unpaired) electrons. The zero-order chi connectivity index (χ0) is 42.2. The molecule has 2 aromatic carbocycles. The predicted molar refractivity (Wildman–Crippen MR) is 251 cm³/mol. The van der Waals surface area contributed by atoms with E-state index in [4.69, 9.17) is 9.47 Å². The minimum absolute atomic E-state index is 0.469. The third-order valence-electron chi connectivity index (χ3n) is 11.3. The van der Waals surface area contributed by atoms with Gasteiger partial charge in [0.15, 0.2) is 11.4 Å². The SMILES string of the molecule is CC1=CC(/C=C/c2ccc(N3CCSCCOCCOCCSCC3)cc2)=[N+]2C1=C(c1ccc(N(Cc3ccccn3)Cc3ccccn3)cc1)c1c(C)cc(C)n1[B-]2(F)F. The second-order valence-electron chi connectivity index (χ2n) is 15.5. The molecular formula is C48H53BF2N6O2S2. The zero-order valence-electron chi connectivity index (χ0n) is 35.2. The molecule has 5 aromatic rings. The Kier molecular flexibility index (Phi) is 13.9. The molecule has 0 atom stereocenters. The average molecular weight is 859 g/mol. The highest BCUT2D eigenvalue weighted by molar-refractivity contribution is 7.99. The number of anilines is 2. The number of rotatable bonds is 9. The molecule has 0 amide bonds. The third-order valence-corrected chi connectivity index (χ3v) is 13.1. The molecule has 8 nitrogen and oxygen atoms in total. The van der Waals surface area contributed by atoms with Crippen molar-refractivity contribution in [1.82, 2.24) is 14.4 Å². The van der Waals surface area contributed by atoms with Crippen LogP contribution in [0.15, 0.2) is 127 Å². The van der Waals surface area contributed by atoms with Crippen LogP contribution in [0.4, 0.5) is 20.0 Å². The summed E-state index contributed by atoms with van der Waals surface area (Å²) in [5.74, 6) is 3.96. The number of benzene rings is 2. The fourth-order valence-corrected chi connectivity index (χ4v) is 9.99. The number of nitrogens with zero attached hydrogens (tertiary/aromatic N) is 6. The maximum atomic E-state index is 17.1. The molecule has 0 N–H and O–H groups in total. The Balaban J connectivity index is 1.09. The number of thioether (sulfide) groups is 2. The molecule has 3 aliphatic heterocycles. The van der Waals surface area contributed by atoms with Gasteiger partial charge in [0.2, 0.25) is 0 Å². The summed E-state index contributed by atoms with van der Waals surface area (Å²) in [6.07, 6.45) is 9.30. The average Bonchev–Trinajstić information content (AvgIpc) is 3.77. The van der Waals surface area contributed by atoms with Gasteiger partial charge in [0, 0.05) is 83.3 Å². The van der Waals surface area contributed by atoms with Gasteiger partial charge in [-0.1, -0.05) is 36.4 Å². The Bertz CT molecular complexity index is 2350. The van der Waals surface area contributed by atoms with Gasteiger partial charge in [-0.15, -0.1) is 0 Å². The molecule has 6 heterocycles. The molecular weight excluding hydrogens is 806 g/mol. The van der Waals surface area contributed by atoms with Crippen LogP contribution in [0.2, 0.25) is 0 Å². The van der Waals surface area contributed by atoms with Crippen molar-refractivity contribution < 1.29 is 22.6 Å². The molecule has 0 aliphatic carbocycles. The van der Waals surface area contributed by atoms with E-state index in [1.165, 1.54) is 8.96 Å². The van der Waals surface area contributed by atoms with Crippen molar-refractivity contribution in [2.75, 3.05) is 72.3 Å². The Morgan fingerprint density at radius 1 is 0.754 bits per heavy atom. The van der Waals surface area contributed by atoms with Crippen molar-refractivity contribution in [2.24, 2.45) is 0 Å². The van der Waals surface area contributed by atoms with Gasteiger partial charge in [-0.2, -0.15) is 23.5 Å². The van der Waals surface area contributed by atoms with Crippen LogP contribution in [0.25, 0.3) is 11.6 Å². The molecule has 0 unspecified atom stereocenters. The Labute approximate surface area is 367 Å². The number of pyridine rings is 2. The highest BCUT2D eigenvalue weighted by atomic mass is 32.2. The van der Waals surface area contributed by atoms with Crippen molar-refractivity contribution in [3.8, 4) is 0 Å². The fraction of sp³-hybridized carbons (Fsp3) is 0.312. The molecule has 3 aromatic heterocycles. The number of aryl methyl sites for hydroxylation is 2. The number of hydrogen-bond acceptors (Lipinski definition) is 8. The summed E-state index contributed by atoms with van der Waals surface area (Å²) in [6.45, 7) is 7.30. The number of fused-ring (bicyclic) bond motifs is 2. The van der Waals surface area contributed by atoms with Crippen LogP contribution in [0.1, 0.15) is 46.4 Å². The van der Waals surface area contributed by atoms with Crippen LogP contribution in [0.3, 0.4) is 0 Å². The molecule has 0 bridgehead atoms. The third kappa shape index (κ3) is 9.91. The van der Waals surface area contributed by atoms with E-state index in [2.05, 4.69) is 68.3 Å². The van der Waals surface area contributed by atoms with E-state index in [9.17, 15) is 0 Å². The summed E-state index contributed by atoms with van der Waals surface area (Å²) in [4.78, 5) is 13.9. The Morgan fingerprint density at radius 3 is 1.97 bits per heavy atom. The normalized spacial score (nSPS) is 17.8. The van der Waals surface area contributed by atoms with E-state index in [0.29, 0.717) is 49.1 Å². The first-order chi connectivity index (χ1) is 29.8. The van der Waals surface area contributed by atoms with E-state index in [1.54, 1.807) is 19.3 Å². The second kappa shape index (κ2) is 19.8. The van der Waals surface area contributed by atoms with Crippen LogP contribution in [0, 0.1) is 13.8 Å². The number of aromatic nitrogens is 3. The monoisotopic (exact) mass is 858 g/mol. The van der Waals surface area contributed by atoms with E-state index in [1.807, 2.05) is 98.1 Å². The van der Waals surface area contributed by atoms with Gasteiger partial charge in [-0.3, -0.25) is 9.97 Å². The van der Waals surface area contributed by atoms with E-state index < -0.39 is 6.97 Å². The predicted octanol–water partition coefficient (Wildman–Crippen LogP) is 9.54. The zero-order valence-corrected chi connectivity index (χ0v) is 36.8. The number of halogens is 2. The van der Waals surface area contributed by atoms with Gasteiger partial charge in [0.05, 0.1) is 56.5 Å². The van der Waals surface area contributed by atoms with Gasteiger partial charge >= 0.3 is 6.97 Å². The molecule has 8 rings (SSSR count). The minimum atomic E-state index is -4.20. The lowest BCUT2D eigenvalue weighted by Crippen LogP contribution is -2.51. The quantitative estimate of drug-likeness (QED) is 0.136. The van der Waals surface area contributed by atoms with Gasteiger partial charge in [-0.05, 0) is 104 Å². The Hall–Kier alpha value is -4.95. The van der Waals surface area contributed by atoms with E-state index in [0.717, 1.165) is 99.9 Å². The number of ether oxygens (including phenoxy) is 2. The van der Waals surface area contributed by atoms with Gasteiger partial charge in [0.1, 0.15) is 0 Å². The van der Waals surface area contributed by atoms with Crippen LogP contribution in [-0.2, 0) is 22.6 Å². The number of hydrogen-bond donors (Lipinski definition) is 0. The Morgan fingerprint density at radius 2 is 1.38 bits per heavy atom. The molecule has 13 heteroatoms. The fourth-order valence-electron chi connectivity index (χ4n) is 8.41. The highest BCUT2D eigenvalue weighted by Crippen LogP contribution is 2.44. The highest BCUT2D eigenvalue weighted by Gasteiger charge is 2.55. The molecule has 0 saturated carbocycles. The van der Waals surface area contributed by atoms with Crippen molar-refractivity contribution in [3.05, 3.63) is 166 Å². The molecule has 61 heavy (non-hydrogen) atoms. The van der Waals surface area contributed by atoms with Crippen molar-refractivity contribution in [2.45, 2.75) is 33.9 Å². The van der Waals surface area contributed by atoms with Crippen LogP contribution in [0.5, 0.6) is 0 Å². The van der Waals surface area contributed by atoms with Crippen LogP contribution < -0.4 is 9.80 Å². The van der Waals surface area contributed by atoms with Crippen LogP contribution >= 0.6 is 23.5 Å². The summed E-state index contributed by atoms with van der Waals surface area (Å²) >= 11 is 3.81. The summed E-state index contributed by atoms with van der Waals surface area (Å²) < 4.78 is 48.2. The topological polar surface area (TPSA) is 58.7 Å². The largest absolute Gasteiger partial charge is 0.737 e. The van der Waals surface area contributed by atoms with Crippen molar-refractivity contribution >= 4 is 59.2 Å². The summed E-state index contributed by atoms with van der Waals surface area (Å²) in [6, 6.07) is 30.5. The maximum Gasteiger partial charge on any atom is 0.737 e. The molecule has 316 valence electrons. The van der Waals surface area contributed by atoms with Gasteiger partial charge < -0.3 is 36.9 Å². The lowest BCUT2D eigenvalue weighted by molar-refractivity contribution is -0.362. The lowest BCUT2D eigenvalue weighted by atomic mass is 9.83. The summed E-state index contributed by atoms with van der Waals surface area (Å²) in [7, 11) is 0. The lowest BCUT2D eigenvalue weighted by Gasteiger charge is -2.34. The number of allylic oxidation sites excluding steroid dienone is 3. The first-order valence-corrected chi connectivity index (χ1v) is 23.4. The van der Waals surface area contributed by atoms with Gasteiger partial charge in [0.25, 0.3) is 0 Å². The molecule has 0 spiro atoms. The van der Waals surface area contributed by atoms with Crippen molar-refractivity contribution in [1.29, 1.82) is 0 Å². The first-order valence-electron chi connectivity index (χ1n) is 21.1. The van der Waals surface area contributed by atoms with Crippen molar-refractivity contribution in [3.63, 3.8) is 0 Å². The van der Waals surface area contributed by atoms with Gasteiger partial charge in [-0.25, -0.2) is 0 Å². The summed E-state index contributed by atoms with van der Waals surface area (Å²) in [5, 5.41) is 0. The molecule has 3 aliphatic rings. The first kappa shape index (κ1) is 42.7. The standard InChI is InChI=1S/C48H53BF2N6O2S2/c1-36-32-38(3)56-47(36)46(40-13-18-44(19-14-40)55(34-41-8-4-6-20-52-41)35-42-9-5-7-21-53-42)48-37(2)33-45(57(48)49(56,50)51)17-12-39-10-15-43(16-11-39)54-22-28-60-30-26-58-24-25-59-27-31-61-29-23-54/h4-21,32-33H,22-31,34-35H2,1-3H3/b17-12+. The molecule has 1 saturated heterocycles. The summed E-state index contributed by atoms with van der Waals surface area (Å²) in [5.41, 5.74) is 10.4. The minimum Gasteiger partial charge on any atom is -0.393 e. The van der Waals surface area contributed by atoms with Crippen LogP contribution in [-0.4, -0.2) is 94.1 Å². The smallest absolute Gasteiger partial charge is 0.393 e. The maximum absolute atomic E-state index is 17.1. The second-order valence-corrected chi connectivity index (χ2v) is 18.0. The van der Waals surface area contributed by atoms with E-state index >= 15 is 8.63 Å².